The van der Waals surface area contributed by atoms with Gasteiger partial charge in [-0.05, 0) is 95.3 Å². The highest BCUT2D eigenvalue weighted by molar-refractivity contribution is 7.81. The van der Waals surface area contributed by atoms with E-state index in [1.807, 2.05) is 31.2 Å². The lowest BCUT2D eigenvalue weighted by molar-refractivity contribution is -0.178. The first-order valence-electron chi connectivity index (χ1n) is 19.6. The molecule has 286 valence electrons. The van der Waals surface area contributed by atoms with Gasteiger partial charge in [0.15, 0.2) is 0 Å². The van der Waals surface area contributed by atoms with Gasteiger partial charge in [-0.1, -0.05) is 151 Å². The first kappa shape index (κ1) is 45.0. The smallest absolute Gasteiger partial charge is 0.320 e. The average Bonchev–Trinajstić information content (AvgIpc) is 3.03. The molecule has 0 aliphatic heterocycles. The number of thiol groups is 1. The summed E-state index contributed by atoms with van der Waals surface area (Å²) in [6.45, 7) is 36.5. The first-order chi connectivity index (χ1) is 23.4. The number of esters is 1. The summed E-state index contributed by atoms with van der Waals surface area (Å²) in [7, 11) is 0. The van der Waals surface area contributed by atoms with E-state index in [9.17, 15) is 9.82 Å². The molecule has 0 aromatic heterocycles. The molecule has 6 heteroatoms. The lowest BCUT2D eigenvalue weighted by Crippen LogP contribution is -2.56. The van der Waals surface area contributed by atoms with Crippen molar-refractivity contribution in [3.63, 3.8) is 0 Å². The molecule has 0 heterocycles. The lowest BCUT2D eigenvalue weighted by atomic mass is 9.44. The Morgan fingerprint density at radius 2 is 1.57 bits per heavy atom. The van der Waals surface area contributed by atoms with E-state index in [1.54, 1.807) is 6.82 Å². The van der Waals surface area contributed by atoms with Crippen molar-refractivity contribution >= 4 is 36.7 Å². The Morgan fingerprint density at radius 1 is 0.961 bits per heavy atom. The molecule has 0 saturated heterocycles. The summed E-state index contributed by atoms with van der Waals surface area (Å²) in [6.07, 6.45) is 5.82. The molecule has 2 rings (SSSR count). The number of anilines is 1. The maximum absolute atomic E-state index is 14.7. The minimum atomic E-state index is -0.748. The van der Waals surface area contributed by atoms with Crippen molar-refractivity contribution in [2.24, 2.45) is 33.0 Å². The second-order valence-electron chi connectivity index (χ2n) is 18.7. The Hall–Kier alpha value is -2.18. The second-order valence-corrected chi connectivity index (χ2v) is 19.4. The summed E-state index contributed by atoms with van der Waals surface area (Å²) >= 11 is 4.54. The summed E-state index contributed by atoms with van der Waals surface area (Å²) in [5.74, 6) is 0.532. The van der Waals surface area contributed by atoms with Crippen molar-refractivity contribution in [1.29, 1.82) is 0 Å². The Kier molecular flexibility index (Phi) is 16.1. The van der Waals surface area contributed by atoms with Crippen LogP contribution in [0.25, 0.3) is 0 Å². The molecule has 0 spiro atoms. The largest absolute Gasteiger partial charge is 0.465 e. The van der Waals surface area contributed by atoms with E-state index in [0.29, 0.717) is 19.1 Å². The van der Waals surface area contributed by atoms with Crippen LogP contribution in [0.2, 0.25) is 6.82 Å². The second kappa shape index (κ2) is 18.2. The van der Waals surface area contributed by atoms with Gasteiger partial charge in [0, 0.05) is 17.5 Å². The maximum atomic E-state index is 14.7. The van der Waals surface area contributed by atoms with Crippen LogP contribution >= 0.6 is 12.6 Å². The Balaban J connectivity index is 2.51. The predicted octanol–water partition coefficient (Wildman–Crippen LogP) is 11.7. The van der Waals surface area contributed by atoms with Gasteiger partial charge in [-0.2, -0.15) is 12.6 Å². The monoisotopic (exact) mass is 720 g/mol. The molecule has 4 unspecified atom stereocenters. The fourth-order valence-corrected chi connectivity index (χ4v) is 8.51. The van der Waals surface area contributed by atoms with Gasteiger partial charge in [-0.15, -0.1) is 0 Å². The topological polar surface area (TPSA) is 58.6 Å². The zero-order valence-corrected chi connectivity index (χ0v) is 35.9. The third-order valence-corrected chi connectivity index (χ3v) is 13.2. The van der Waals surface area contributed by atoms with Crippen LogP contribution in [0, 0.1) is 33.0 Å². The van der Waals surface area contributed by atoms with Gasteiger partial charge < -0.3 is 15.1 Å². The number of ether oxygens (including phenoxy) is 1. The fourth-order valence-electron chi connectivity index (χ4n) is 8.38. The van der Waals surface area contributed by atoms with Gasteiger partial charge in [0.05, 0.1) is 12.0 Å². The highest BCUT2D eigenvalue weighted by atomic mass is 32.1. The van der Waals surface area contributed by atoms with Crippen LogP contribution in [0.5, 0.6) is 0 Å². The molecule has 0 saturated carbocycles. The van der Waals surface area contributed by atoms with E-state index < -0.39 is 17.7 Å². The highest BCUT2D eigenvalue weighted by Gasteiger charge is 2.60. The number of hydrogen-bond donors (Lipinski definition) is 3. The number of hydrogen-bond acceptors (Lipinski definition) is 5. The van der Waals surface area contributed by atoms with Crippen LogP contribution in [-0.4, -0.2) is 29.8 Å². The minimum absolute atomic E-state index is 0.0628. The fraction of sp³-hybridized carbons (Fsp3) is 0.667. The zero-order chi connectivity index (χ0) is 39.0. The molecule has 4 atom stereocenters. The highest BCUT2D eigenvalue weighted by Crippen LogP contribution is 2.64. The Labute approximate surface area is 319 Å². The van der Waals surface area contributed by atoms with Gasteiger partial charge in [-0.3, -0.25) is 4.79 Å². The van der Waals surface area contributed by atoms with E-state index in [0.717, 1.165) is 42.4 Å². The van der Waals surface area contributed by atoms with Crippen molar-refractivity contribution in [1.82, 2.24) is 0 Å². The molecule has 0 fully saturated rings. The molecule has 2 aromatic rings. The summed E-state index contributed by atoms with van der Waals surface area (Å²) in [5, 5.41) is 13.7. The maximum Gasteiger partial charge on any atom is 0.320 e. The molecule has 0 amide bonds. The zero-order valence-electron chi connectivity index (χ0n) is 35.0. The first-order valence-corrected chi connectivity index (χ1v) is 20.1. The standard InChI is InChI=1S/C45H74BNO3S/c1-16-17-21-33(3)42(8,9)31-45(14,40(48)50-28-19-20-32(2)34(4)51)44(12,13)43(10,11)39(41(5,6)7)36-26-24-35(25-27-36)30-47-38-23-18-22-37(29-38)46(15)49/h18,22-27,29,33-34,39,47,49,51H,2,16-17,19-21,28,30-31H2,1,3-15H3. The van der Waals surface area contributed by atoms with Gasteiger partial charge in [0.25, 0.3) is 0 Å². The van der Waals surface area contributed by atoms with Crippen molar-refractivity contribution < 1.29 is 14.6 Å². The van der Waals surface area contributed by atoms with Crippen LogP contribution in [0.1, 0.15) is 146 Å². The summed E-state index contributed by atoms with van der Waals surface area (Å²) < 4.78 is 6.27. The number of carbonyl (C=O) groups is 1. The quantitative estimate of drug-likeness (QED) is 0.0419. The average molecular weight is 720 g/mol. The SMILES string of the molecule is C=C(CCCOC(=O)C(C)(CC(C)(C)C(C)CCCC)C(C)(C)C(C)(C)C(c1ccc(CNc2cccc(B(C)O)c2)cc1)C(C)(C)C)C(C)S. The third-order valence-electron chi connectivity index (χ3n) is 12.8. The molecule has 0 radical (unpaired) electrons. The Morgan fingerprint density at radius 3 is 2.10 bits per heavy atom. The number of rotatable bonds is 20. The third kappa shape index (κ3) is 11.4. The van der Waals surface area contributed by atoms with Gasteiger partial charge >= 0.3 is 12.9 Å². The molecule has 0 bridgehead atoms. The molecule has 0 aliphatic rings. The van der Waals surface area contributed by atoms with Gasteiger partial charge in [0.1, 0.15) is 0 Å². The molecule has 51 heavy (non-hydrogen) atoms. The number of benzene rings is 2. The van der Waals surface area contributed by atoms with Crippen LogP contribution < -0.4 is 10.8 Å². The number of carbonyl (C=O) groups excluding carboxylic acids is 1. The Bertz CT molecular complexity index is 1410. The summed E-state index contributed by atoms with van der Waals surface area (Å²) in [5.41, 5.74) is 3.79. The van der Waals surface area contributed by atoms with Crippen LogP contribution in [0.15, 0.2) is 60.7 Å². The van der Waals surface area contributed by atoms with Crippen molar-refractivity contribution in [3.8, 4) is 0 Å². The van der Waals surface area contributed by atoms with Crippen molar-refractivity contribution in [3.05, 3.63) is 71.8 Å². The minimum Gasteiger partial charge on any atom is -0.465 e. The molecule has 2 aromatic carbocycles. The van der Waals surface area contributed by atoms with E-state index in [2.05, 4.69) is 132 Å². The predicted molar refractivity (Wildman–Crippen MR) is 226 cm³/mol. The van der Waals surface area contributed by atoms with Crippen molar-refractivity contribution in [2.75, 3.05) is 11.9 Å². The molecular formula is C45H74BNO3S. The van der Waals surface area contributed by atoms with Crippen molar-refractivity contribution in [2.45, 2.75) is 153 Å². The lowest BCUT2D eigenvalue weighted by Gasteiger charge is -2.59. The van der Waals surface area contributed by atoms with E-state index in [1.165, 1.54) is 24.0 Å². The summed E-state index contributed by atoms with van der Waals surface area (Å²) in [6, 6.07) is 17.0. The van der Waals surface area contributed by atoms with E-state index in [-0.39, 0.29) is 33.4 Å². The van der Waals surface area contributed by atoms with Gasteiger partial charge in [0.2, 0.25) is 0 Å². The number of unbranched alkanes of at least 4 members (excludes halogenated alkanes) is 1. The molecule has 2 N–H and O–H groups in total. The van der Waals surface area contributed by atoms with Crippen LogP contribution in [0.3, 0.4) is 0 Å². The normalized spacial score (nSPS) is 15.8. The number of nitrogens with one attached hydrogen (secondary N) is 1. The van der Waals surface area contributed by atoms with E-state index >= 15 is 0 Å². The molecule has 0 aliphatic carbocycles. The van der Waals surface area contributed by atoms with Gasteiger partial charge in [-0.25, -0.2) is 0 Å². The van der Waals surface area contributed by atoms with Crippen LogP contribution in [-0.2, 0) is 16.1 Å². The van der Waals surface area contributed by atoms with E-state index in [4.69, 9.17) is 4.74 Å². The molecule has 4 nitrogen and oxygen atoms in total. The summed E-state index contributed by atoms with van der Waals surface area (Å²) in [4.78, 5) is 14.7. The van der Waals surface area contributed by atoms with Crippen LogP contribution in [0.4, 0.5) is 5.69 Å². The molecular weight excluding hydrogens is 645 g/mol.